The third-order valence-corrected chi connectivity index (χ3v) is 3.83. The van der Waals surface area contributed by atoms with Gasteiger partial charge in [-0.25, -0.2) is 0 Å². The molecule has 2 aromatic rings. The quantitative estimate of drug-likeness (QED) is 0.621. The lowest BCUT2D eigenvalue weighted by atomic mass is 10.1. The van der Waals surface area contributed by atoms with Crippen LogP contribution in [-0.2, 0) is 6.18 Å². The monoisotopic (exact) mass is 267 g/mol. The van der Waals surface area contributed by atoms with E-state index in [9.17, 15) is 13.2 Å². The van der Waals surface area contributed by atoms with E-state index in [0.717, 1.165) is 11.0 Å². The Hall–Kier alpha value is -1.62. The van der Waals surface area contributed by atoms with Gasteiger partial charge in [0.05, 0.1) is 16.9 Å². The molecule has 0 bridgehead atoms. The molecule has 1 heterocycles. The van der Waals surface area contributed by atoms with Crippen LogP contribution < -0.4 is 5.32 Å². The zero-order valence-electron chi connectivity index (χ0n) is 9.08. The van der Waals surface area contributed by atoms with Crippen LogP contribution in [0.3, 0.4) is 0 Å². The maximum Gasteiger partial charge on any atom is 0.418 e. The van der Waals surface area contributed by atoms with Gasteiger partial charge in [-0.3, -0.25) is 0 Å². The minimum Gasteiger partial charge on any atom is -0.353 e. The molecule has 0 unspecified atom stereocenters. The van der Waals surface area contributed by atoms with Crippen molar-refractivity contribution in [1.29, 1.82) is 0 Å². The summed E-state index contributed by atoms with van der Waals surface area (Å²) in [5.74, 6) is 0. The molecular weight excluding hydrogens is 259 g/mol. The molecule has 0 radical (unpaired) electrons. The Morgan fingerprint density at radius 3 is 2.39 bits per heavy atom. The normalized spacial score (nSPS) is 13.5. The van der Waals surface area contributed by atoms with Crippen LogP contribution in [0.2, 0.25) is 0 Å². The third-order valence-electron chi connectivity index (χ3n) is 2.70. The number of para-hydroxylation sites is 2. The van der Waals surface area contributed by atoms with Crippen LogP contribution in [0.25, 0.3) is 0 Å². The van der Waals surface area contributed by atoms with Gasteiger partial charge in [-0.15, -0.1) is 0 Å². The van der Waals surface area contributed by atoms with E-state index in [0.29, 0.717) is 10.6 Å². The molecule has 0 aromatic heterocycles. The van der Waals surface area contributed by atoms with Gasteiger partial charge in [0.1, 0.15) is 0 Å². The Kier molecular flexibility index (Phi) is 2.52. The van der Waals surface area contributed by atoms with Gasteiger partial charge in [0.25, 0.3) is 0 Å². The van der Waals surface area contributed by atoms with Crippen molar-refractivity contribution in [3.8, 4) is 0 Å². The lowest BCUT2D eigenvalue weighted by Crippen LogP contribution is -2.11. The Labute approximate surface area is 106 Å². The van der Waals surface area contributed by atoms with Crippen LogP contribution in [-0.4, -0.2) is 0 Å². The molecule has 1 aliphatic heterocycles. The number of hydrogen-bond acceptors (Lipinski definition) is 2. The molecule has 0 saturated carbocycles. The molecule has 1 nitrogen and oxygen atoms in total. The molecule has 0 atom stereocenters. The third kappa shape index (κ3) is 1.84. The summed E-state index contributed by atoms with van der Waals surface area (Å²) in [6.07, 6.45) is -4.34. The molecule has 0 saturated heterocycles. The summed E-state index contributed by atoms with van der Waals surface area (Å²) in [7, 11) is 0. The van der Waals surface area contributed by atoms with Crippen molar-refractivity contribution in [2.24, 2.45) is 0 Å². The molecule has 0 amide bonds. The smallest absolute Gasteiger partial charge is 0.353 e. The molecule has 0 aliphatic carbocycles. The summed E-state index contributed by atoms with van der Waals surface area (Å²) >= 11 is 1.35. The first-order valence-electron chi connectivity index (χ1n) is 5.30. The van der Waals surface area contributed by atoms with Crippen molar-refractivity contribution in [3.05, 3.63) is 48.0 Å². The molecule has 2 aromatic carbocycles. The average molecular weight is 267 g/mol. The number of nitrogens with one attached hydrogen (secondary N) is 1. The fourth-order valence-corrected chi connectivity index (χ4v) is 2.92. The average Bonchev–Trinajstić information content (AvgIpc) is 2.34. The fraction of sp³-hybridized carbons (Fsp3) is 0.0769. The SMILES string of the molecule is FC(F)(F)c1cccc2c1Nc1ccccc1S2. The second kappa shape index (κ2) is 3.95. The topological polar surface area (TPSA) is 12.0 Å². The first kappa shape index (κ1) is 11.5. The van der Waals surface area contributed by atoms with Gasteiger partial charge in [0.2, 0.25) is 0 Å². The van der Waals surface area contributed by atoms with Crippen LogP contribution in [0.5, 0.6) is 0 Å². The predicted octanol–water partition coefficient (Wildman–Crippen LogP) is 4.91. The number of alkyl halides is 3. The lowest BCUT2D eigenvalue weighted by molar-refractivity contribution is -0.137. The first-order chi connectivity index (χ1) is 8.55. The summed E-state index contributed by atoms with van der Waals surface area (Å²) in [6, 6.07) is 11.6. The van der Waals surface area contributed by atoms with E-state index in [1.807, 2.05) is 12.1 Å². The summed E-state index contributed by atoms with van der Waals surface area (Å²) in [5.41, 5.74) is 0.238. The summed E-state index contributed by atoms with van der Waals surface area (Å²) in [6.45, 7) is 0. The van der Waals surface area contributed by atoms with Crippen molar-refractivity contribution in [2.75, 3.05) is 5.32 Å². The largest absolute Gasteiger partial charge is 0.418 e. The number of rotatable bonds is 0. The molecule has 1 N–H and O–H groups in total. The highest BCUT2D eigenvalue weighted by Crippen LogP contribution is 2.48. The first-order valence-corrected chi connectivity index (χ1v) is 6.11. The van der Waals surface area contributed by atoms with E-state index in [1.54, 1.807) is 18.2 Å². The molecule has 3 rings (SSSR count). The summed E-state index contributed by atoms with van der Waals surface area (Å²) in [5, 5.41) is 2.87. The molecule has 18 heavy (non-hydrogen) atoms. The molecule has 5 heteroatoms. The highest BCUT2D eigenvalue weighted by Gasteiger charge is 2.35. The van der Waals surface area contributed by atoms with Gasteiger partial charge in [0, 0.05) is 9.79 Å². The van der Waals surface area contributed by atoms with E-state index in [4.69, 9.17) is 0 Å². The van der Waals surface area contributed by atoms with Crippen LogP contribution in [0.1, 0.15) is 5.56 Å². The maximum absolute atomic E-state index is 12.9. The van der Waals surface area contributed by atoms with Crippen molar-refractivity contribution in [3.63, 3.8) is 0 Å². The number of hydrogen-bond donors (Lipinski definition) is 1. The van der Waals surface area contributed by atoms with E-state index in [2.05, 4.69) is 5.32 Å². The number of benzene rings is 2. The fourth-order valence-electron chi connectivity index (χ4n) is 1.89. The van der Waals surface area contributed by atoms with Crippen molar-refractivity contribution >= 4 is 23.1 Å². The standard InChI is InChI=1S/C13H8F3NS/c14-13(15,16)8-4-3-7-11-12(8)17-9-5-1-2-6-10(9)18-11/h1-7,17H. The Balaban J connectivity index is 2.14. The van der Waals surface area contributed by atoms with Gasteiger partial charge in [-0.2, -0.15) is 13.2 Å². The van der Waals surface area contributed by atoms with Crippen molar-refractivity contribution in [2.45, 2.75) is 16.0 Å². The Bertz CT molecular complexity index is 607. The molecular formula is C13H8F3NS. The second-order valence-corrected chi connectivity index (χ2v) is 4.98. The number of fused-ring (bicyclic) bond motifs is 2. The highest BCUT2D eigenvalue weighted by molar-refractivity contribution is 7.99. The van der Waals surface area contributed by atoms with Gasteiger partial charge < -0.3 is 5.32 Å². The van der Waals surface area contributed by atoms with E-state index < -0.39 is 11.7 Å². The van der Waals surface area contributed by atoms with Crippen LogP contribution in [0.15, 0.2) is 52.3 Å². The molecule has 1 aliphatic rings. The van der Waals surface area contributed by atoms with Crippen molar-refractivity contribution < 1.29 is 13.2 Å². The molecule has 92 valence electrons. The van der Waals surface area contributed by atoms with E-state index >= 15 is 0 Å². The Morgan fingerprint density at radius 2 is 1.61 bits per heavy atom. The number of anilines is 2. The van der Waals surface area contributed by atoms with Crippen LogP contribution >= 0.6 is 11.8 Å². The van der Waals surface area contributed by atoms with Crippen LogP contribution in [0, 0.1) is 0 Å². The predicted molar refractivity (Wildman–Crippen MR) is 65.3 cm³/mol. The minimum atomic E-state index is -4.34. The summed E-state index contributed by atoms with van der Waals surface area (Å²) in [4.78, 5) is 1.54. The van der Waals surface area contributed by atoms with Gasteiger partial charge in [0.15, 0.2) is 0 Å². The van der Waals surface area contributed by atoms with Gasteiger partial charge >= 0.3 is 6.18 Å². The zero-order chi connectivity index (χ0) is 12.8. The number of halogens is 3. The maximum atomic E-state index is 12.9. The lowest BCUT2D eigenvalue weighted by Gasteiger charge is -2.23. The van der Waals surface area contributed by atoms with Crippen LogP contribution in [0.4, 0.5) is 24.5 Å². The Morgan fingerprint density at radius 1 is 0.889 bits per heavy atom. The highest BCUT2D eigenvalue weighted by atomic mass is 32.2. The minimum absolute atomic E-state index is 0.147. The molecule has 0 fully saturated rings. The van der Waals surface area contributed by atoms with E-state index in [-0.39, 0.29) is 5.69 Å². The van der Waals surface area contributed by atoms with Gasteiger partial charge in [-0.1, -0.05) is 30.0 Å². The van der Waals surface area contributed by atoms with Gasteiger partial charge in [-0.05, 0) is 24.3 Å². The van der Waals surface area contributed by atoms with E-state index in [1.165, 1.54) is 17.8 Å². The van der Waals surface area contributed by atoms with Crippen molar-refractivity contribution in [1.82, 2.24) is 0 Å². The second-order valence-electron chi connectivity index (χ2n) is 3.90. The zero-order valence-corrected chi connectivity index (χ0v) is 9.90. The molecule has 0 spiro atoms. The summed E-state index contributed by atoms with van der Waals surface area (Å²) < 4.78 is 38.7.